The summed E-state index contributed by atoms with van der Waals surface area (Å²) in [5.74, 6) is 1.22. The normalized spacial score (nSPS) is 17.0. The van der Waals surface area contributed by atoms with Crippen LogP contribution >= 0.6 is 0 Å². The Kier molecular flexibility index (Phi) is 4.24. The first kappa shape index (κ1) is 15.5. The zero-order chi connectivity index (χ0) is 17.1. The number of para-hydroxylation sites is 1. The van der Waals surface area contributed by atoms with Crippen LogP contribution in [0.3, 0.4) is 0 Å². The van der Waals surface area contributed by atoms with Gasteiger partial charge >= 0.3 is 0 Å². The van der Waals surface area contributed by atoms with Crippen molar-refractivity contribution in [3.05, 3.63) is 60.5 Å². The number of amides is 1. The predicted octanol–water partition coefficient (Wildman–Crippen LogP) is 3.19. The number of hydrogen-bond donors (Lipinski definition) is 1. The fraction of sp³-hybridized carbons (Fsp3) is 0.263. The van der Waals surface area contributed by atoms with Crippen LogP contribution in [0.1, 0.15) is 16.9 Å². The van der Waals surface area contributed by atoms with Crippen molar-refractivity contribution in [2.75, 3.05) is 24.5 Å². The van der Waals surface area contributed by atoms with Gasteiger partial charge in [0, 0.05) is 31.4 Å². The summed E-state index contributed by atoms with van der Waals surface area (Å²) in [6, 6.07) is 15.5. The minimum atomic E-state index is -0.222. The Hall–Kier alpha value is -3.02. The highest BCUT2D eigenvalue weighted by Gasteiger charge is 2.24. The third kappa shape index (κ3) is 3.42. The van der Waals surface area contributed by atoms with Crippen LogP contribution in [0.5, 0.6) is 0 Å². The molecule has 0 aliphatic carbocycles. The molecule has 1 N–H and O–H groups in total. The van der Waals surface area contributed by atoms with Crippen LogP contribution in [0.2, 0.25) is 0 Å². The van der Waals surface area contributed by atoms with E-state index in [4.69, 9.17) is 8.94 Å². The number of anilines is 1. The highest BCUT2D eigenvalue weighted by atomic mass is 16.5. The van der Waals surface area contributed by atoms with Crippen molar-refractivity contribution in [3.8, 4) is 11.5 Å². The van der Waals surface area contributed by atoms with Crippen molar-refractivity contribution in [1.29, 1.82) is 0 Å². The molecule has 0 saturated carbocycles. The number of carbonyl (C=O) groups excluding carboxylic acids is 1. The molecule has 0 bridgehead atoms. The van der Waals surface area contributed by atoms with Crippen LogP contribution in [0, 0.1) is 5.92 Å². The molecular weight excluding hydrogens is 318 g/mol. The van der Waals surface area contributed by atoms with Crippen LogP contribution in [-0.2, 0) is 0 Å². The van der Waals surface area contributed by atoms with E-state index in [-0.39, 0.29) is 11.6 Å². The van der Waals surface area contributed by atoms with Gasteiger partial charge in [-0.25, -0.2) is 0 Å². The summed E-state index contributed by atoms with van der Waals surface area (Å²) < 4.78 is 10.4. The van der Waals surface area contributed by atoms with Crippen LogP contribution < -0.4 is 10.2 Å². The molecular formula is C19H19N3O3. The van der Waals surface area contributed by atoms with Crippen LogP contribution in [-0.4, -0.2) is 30.7 Å². The lowest BCUT2D eigenvalue weighted by Crippen LogP contribution is -2.31. The first-order chi connectivity index (χ1) is 12.3. The molecule has 1 fully saturated rings. The summed E-state index contributed by atoms with van der Waals surface area (Å²) >= 11 is 0. The zero-order valence-electron chi connectivity index (χ0n) is 13.7. The highest BCUT2D eigenvalue weighted by molar-refractivity contribution is 5.92. The second kappa shape index (κ2) is 6.84. The molecule has 1 amide bonds. The van der Waals surface area contributed by atoms with Crippen molar-refractivity contribution in [2.45, 2.75) is 6.42 Å². The van der Waals surface area contributed by atoms with Gasteiger partial charge in [0.25, 0.3) is 5.91 Å². The van der Waals surface area contributed by atoms with Gasteiger partial charge in [0.1, 0.15) is 0 Å². The van der Waals surface area contributed by atoms with Gasteiger partial charge in [-0.15, -0.1) is 0 Å². The molecule has 0 radical (unpaired) electrons. The average Bonchev–Trinajstić information content (AvgIpc) is 3.41. The van der Waals surface area contributed by atoms with Gasteiger partial charge < -0.3 is 19.2 Å². The van der Waals surface area contributed by atoms with Gasteiger partial charge in [0.2, 0.25) is 5.76 Å². The number of aromatic nitrogens is 1. The second-order valence-corrected chi connectivity index (χ2v) is 6.20. The average molecular weight is 337 g/mol. The van der Waals surface area contributed by atoms with Crippen LogP contribution in [0.15, 0.2) is 63.7 Å². The van der Waals surface area contributed by atoms with Crippen molar-refractivity contribution < 1.29 is 13.7 Å². The Morgan fingerprint density at radius 1 is 1.20 bits per heavy atom. The lowest BCUT2D eigenvalue weighted by atomic mass is 10.1. The molecule has 0 unspecified atom stereocenters. The Morgan fingerprint density at radius 3 is 2.88 bits per heavy atom. The summed E-state index contributed by atoms with van der Waals surface area (Å²) in [7, 11) is 0. The van der Waals surface area contributed by atoms with E-state index in [0.29, 0.717) is 24.0 Å². The maximum absolute atomic E-state index is 12.3. The molecule has 1 aromatic carbocycles. The van der Waals surface area contributed by atoms with Gasteiger partial charge in [-0.3, -0.25) is 4.79 Å². The molecule has 1 atom stereocenters. The number of carbonyl (C=O) groups is 1. The van der Waals surface area contributed by atoms with E-state index < -0.39 is 0 Å². The monoisotopic (exact) mass is 337 g/mol. The smallest absolute Gasteiger partial charge is 0.273 e. The van der Waals surface area contributed by atoms with E-state index >= 15 is 0 Å². The Bertz CT molecular complexity index is 827. The number of nitrogens with one attached hydrogen (secondary N) is 1. The lowest BCUT2D eigenvalue weighted by molar-refractivity contribution is 0.0939. The number of rotatable bonds is 5. The van der Waals surface area contributed by atoms with E-state index in [1.807, 2.05) is 18.2 Å². The van der Waals surface area contributed by atoms with Crippen molar-refractivity contribution in [1.82, 2.24) is 10.5 Å². The van der Waals surface area contributed by atoms with Crippen LogP contribution in [0.25, 0.3) is 11.5 Å². The van der Waals surface area contributed by atoms with Gasteiger partial charge in [-0.2, -0.15) is 0 Å². The SMILES string of the molecule is O=C(NC[C@H]1CCN(c2ccccc2)C1)c1cc(-c2ccco2)on1. The van der Waals surface area contributed by atoms with Gasteiger partial charge in [-0.1, -0.05) is 23.4 Å². The number of furan rings is 1. The molecule has 4 rings (SSSR count). The maximum atomic E-state index is 12.3. The minimum Gasteiger partial charge on any atom is -0.461 e. The van der Waals surface area contributed by atoms with E-state index in [1.54, 1.807) is 24.5 Å². The van der Waals surface area contributed by atoms with E-state index in [2.05, 4.69) is 27.5 Å². The molecule has 25 heavy (non-hydrogen) atoms. The molecule has 1 aliphatic heterocycles. The standard InChI is InChI=1S/C19H19N3O3/c23-19(16-11-18(25-21-16)17-7-4-10-24-17)20-12-14-8-9-22(13-14)15-5-2-1-3-6-15/h1-7,10-11,14H,8-9,12-13H2,(H,20,23)/t14-/m1/s1. The van der Waals surface area contributed by atoms with Gasteiger partial charge in [0.05, 0.1) is 6.26 Å². The molecule has 3 aromatic rings. The summed E-state index contributed by atoms with van der Waals surface area (Å²) in [6.07, 6.45) is 2.61. The first-order valence-corrected chi connectivity index (χ1v) is 8.38. The Morgan fingerprint density at radius 2 is 2.08 bits per heavy atom. The van der Waals surface area contributed by atoms with E-state index in [1.165, 1.54) is 5.69 Å². The third-order valence-corrected chi connectivity index (χ3v) is 4.47. The van der Waals surface area contributed by atoms with Crippen LogP contribution in [0.4, 0.5) is 5.69 Å². The molecule has 1 aliphatic rings. The molecule has 1 saturated heterocycles. The van der Waals surface area contributed by atoms with Crippen molar-refractivity contribution in [3.63, 3.8) is 0 Å². The van der Waals surface area contributed by atoms with Gasteiger partial charge in [-0.05, 0) is 36.6 Å². The number of nitrogens with zero attached hydrogens (tertiary/aromatic N) is 2. The fourth-order valence-electron chi connectivity index (χ4n) is 3.12. The summed E-state index contributed by atoms with van der Waals surface area (Å²) in [6.45, 7) is 2.59. The van der Waals surface area contributed by atoms with E-state index in [0.717, 1.165) is 19.5 Å². The predicted molar refractivity (Wildman–Crippen MR) is 93.3 cm³/mol. The van der Waals surface area contributed by atoms with Crippen molar-refractivity contribution >= 4 is 11.6 Å². The number of hydrogen-bond acceptors (Lipinski definition) is 5. The summed E-state index contributed by atoms with van der Waals surface area (Å²) in [4.78, 5) is 14.6. The molecule has 6 heteroatoms. The van der Waals surface area contributed by atoms with E-state index in [9.17, 15) is 4.79 Å². The molecule has 6 nitrogen and oxygen atoms in total. The second-order valence-electron chi connectivity index (χ2n) is 6.20. The summed E-state index contributed by atoms with van der Waals surface area (Å²) in [5, 5.41) is 6.78. The quantitative estimate of drug-likeness (QED) is 0.774. The summed E-state index contributed by atoms with van der Waals surface area (Å²) in [5.41, 5.74) is 1.50. The first-order valence-electron chi connectivity index (χ1n) is 8.38. The topological polar surface area (TPSA) is 71.5 Å². The van der Waals surface area contributed by atoms with Gasteiger partial charge in [0.15, 0.2) is 11.5 Å². The molecule has 0 spiro atoms. The molecule has 2 aromatic heterocycles. The largest absolute Gasteiger partial charge is 0.461 e. The van der Waals surface area contributed by atoms with Crippen molar-refractivity contribution in [2.24, 2.45) is 5.92 Å². The molecule has 3 heterocycles. The minimum absolute atomic E-state index is 0.222. The maximum Gasteiger partial charge on any atom is 0.273 e. The number of benzene rings is 1. The lowest BCUT2D eigenvalue weighted by Gasteiger charge is -2.18. The third-order valence-electron chi connectivity index (χ3n) is 4.47. The Balaban J connectivity index is 1.31. The highest BCUT2D eigenvalue weighted by Crippen LogP contribution is 2.23. The zero-order valence-corrected chi connectivity index (χ0v) is 13.7. The fourth-order valence-corrected chi connectivity index (χ4v) is 3.12. The Labute approximate surface area is 145 Å². The molecule has 128 valence electrons.